The zero-order valence-corrected chi connectivity index (χ0v) is 13.5. The minimum absolute atomic E-state index is 0.0931. The predicted molar refractivity (Wildman–Crippen MR) is 94.0 cm³/mol. The van der Waals surface area contributed by atoms with Crippen LogP contribution in [0.25, 0.3) is 0 Å². The Hall–Kier alpha value is -2.80. The van der Waals surface area contributed by atoms with Crippen LogP contribution in [0, 0.1) is 11.3 Å². The Balaban J connectivity index is 1.48. The molecule has 1 saturated carbocycles. The highest BCUT2D eigenvalue weighted by Gasteiger charge is 2.48. The second kappa shape index (κ2) is 5.68. The summed E-state index contributed by atoms with van der Waals surface area (Å²) in [6, 6.07) is 17.6. The van der Waals surface area contributed by atoms with Gasteiger partial charge in [0.25, 0.3) is 0 Å². The molecule has 2 aliphatic rings. The summed E-state index contributed by atoms with van der Waals surface area (Å²) in [6.45, 7) is 1.07. The fourth-order valence-corrected chi connectivity index (χ4v) is 3.82. The van der Waals surface area contributed by atoms with E-state index < -0.39 is 0 Å². The van der Waals surface area contributed by atoms with Gasteiger partial charge >= 0.3 is 0 Å². The van der Waals surface area contributed by atoms with Crippen molar-refractivity contribution in [2.24, 2.45) is 0 Å². The Morgan fingerprint density at radius 1 is 1.17 bits per heavy atom. The highest BCUT2D eigenvalue weighted by molar-refractivity contribution is 5.98. The molecule has 2 aromatic rings. The average Bonchev–Trinajstić information content (AvgIpc) is 2.96. The summed E-state index contributed by atoms with van der Waals surface area (Å²) in [5.41, 5.74) is 4.08. The van der Waals surface area contributed by atoms with Crippen LogP contribution in [-0.2, 0) is 10.2 Å². The molecule has 4 rings (SSSR count). The van der Waals surface area contributed by atoms with E-state index in [4.69, 9.17) is 5.26 Å². The number of hydrogen-bond donors (Lipinski definition) is 1. The molecule has 0 unspecified atom stereocenters. The van der Waals surface area contributed by atoms with Crippen LogP contribution in [0.2, 0.25) is 0 Å². The van der Waals surface area contributed by atoms with Crippen molar-refractivity contribution >= 4 is 17.3 Å². The molecule has 4 nitrogen and oxygen atoms in total. The van der Waals surface area contributed by atoms with Gasteiger partial charge in [0.15, 0.2) is 0 Å². The van der Waals surface area contributed by atoms with Crippen molar-refractivity contribution in [3.05, 3.63) is 59.7 Å². The van der Waals surface area contributed by atoms with E-state index in [1.807, 2.05) is 23.1 Å². The lowest BCUT2D eigenvalue weighted by Gasteiger charge is -2.39. The number of amides is 1. The Labute approximate surface area is 141 Å². The highest BCUT2D eigenvalue weighted by atomic mass is 16.2. The molecule has 1 heterocycles. The number of nitriles is 1. The number of nitrogens with one attached hydrogen (secondary N) is 1. The van der Waals surface area contributed by atoms with Crippen molar-refractivity contribution in [2.45, 2.75) is 24.7 Å². The first-order valence-electron chi connectivity index (χ1n) is 8.36. The van der Waals surface area contributed by atoms with Crippen molar-refractivity contribution in [3.63, 3.8) is 0 Å². The molecule has 1 fully saturated rings. The monoisotopic (exact) mass is 317 g/mol. The normalized spacial score (nSPS) is 17.0. The third-order valence-corrected chi connectivity index (χ3v) is 5.30. The van der Waals surface area contributed by atoms with Gasteiger partial charge in [-0.3, -0.25) is 4.79 Å². The third-order valence-electron chi connectivity index (χ3n) is 5.30. The van der Waals surface area contributed by atoms with Crippen LogP contribution in [0.1, 0.15) is 30.4 Å². The summed E-state index contributed by atoms with van der Waals surface area (Å²) in [6.07, 6.45) is 3.60. The summed E-state index contributed by atoms with van der Waals surface area (Å²) in [4.78, 5) is 14.7. The zero-order chi connectivity index (χ0) is 16.6. The zero-order valence-electron chi connectivity index (χ0n) is 13.5. The van der Waals surface area contributed by atoms with E-state index in [0.29, 0.717) is 5.56 Å². The molecule has 0 atom stereocenters. The van der Waals surface area contributed by atoms with Crippen molar-refractivity contribution in [3.8, 4) is 6.07 Å². The molecule has 2 aromatic carbocycles. The number of anilines is 2. The summed E-state index contributed by atoms with van der Waals surface area (Å²) in [7, 11) is 0. The lowest BCUT2D eigenvalue weighted by molar-refractivity contribution is -0.117. The molecule has 0 bridgehead atoms. The van der Waals surface area contributed by atoms with E-state index in [-0.39, 0.29) is 17.9 Å². The van der Waals surface area contributed by atoms with E-state index in [2.05, 4.69) is 29.6 Å². The number of carbonyl (C=O) groups is 1. The molecule has 1 amide bonds. The van der Waals surface area contributed by atoms with Gasteiger partial charge in [0.05, 0.1) is 18.2 Å². The first kappa shape index (κ1) is 14.8. The van der Waals surface area contributed by atoms with Gasteiger partial charge in [0.2, 0.25) is 5.91 Å². The Bertz CT molecular complexity index is 816. The predicted octanol–water partition coefficient (Wildman–Crippen LogP) is 3.44. The molecule has 24 heavy (non-hydrogen) atoms. The van der Waals surface area contributed by atoms with E-state index in [0.717, 1.165) is 17.9 Å². The number of hydrogen-bond acceptors (Lipinski definition) is 3. The molecular formula is C20H19N3O. The van der Waals surface area contributed by atoms with E-state index in [1.54, 1.807) is 12.1 Å². The largest absolute Gasteiger partial charge is 0.376 e. The fourth-order valence-electron chi connectivity index (χ4n) is 3.82. The van der Waals surface area contributed by atoms with Gasteiger partial charge in [-0.05, 0) is 48.7 Å². The fraction of sp³-hybridized carbons (Fsp3) is 0.300. The van der Waals surface area contributed by atoms with Gasteiger partial charge in [-0.15, -0.1) is 0 Å². The number of carbonyl (C=O) groups excluding carboxylic acids is 1. The van der Waals surface area contributed by atoms with Crippen LogP contribution in [-0.4, -0.2) is 19.0 Å². The second-order valence-corrected chi connectivity index (χ2v) is 6.67. The lowest BCUT2D eigenvalue weighted by atomic mass is 9.66. The molecule has 0 radical (unpaired) electrons. The van der Waals surface area contributed by atoms with E-state index in [9.17, 15) is 4.79 Å². The molecule has 4 heteroatoms. The summed E-state index contributed by atoms with van der Waals surface area (Å²) in [5, 5.41) is 12.0. The van der Waals surface area contributed by atoms with Crippen LogP contribution in [0.5, 0.6) is 0 Å². The van der Waals surface area contributed by atoms with Crippen LogP contribution >= 0.6 is 0 Å². The van der Waals surface area contributed by atoms with Crippen molar-refractivity contribution < 1.29 is 4.79 Å². The van der Waals surface area contributed by atoms with Crippen LogP contribution in [0.15, 0.2) is 48.5 Å². The number of nitrogens with zero attached hydrogens (tertiary/aromatic N) is 2. The minimum atomic E-state index is 0.0931. The topological polar surface area (TPSA) is 56.1 Å². The smallest absolute Gasteiger partial charge is 0.246 e. The van der Waals surface area contributed by atoms with Gasteiger partial charge < -0.3 is 10.2 Å². The Kier molecular flexibility index (Phi) is 3.50. The molecule has 120 valence electrons. The van der Waals surface area contributed by atoms with E-state index in [1.165, 1.54) is 24.8 Å². The maximum Gasteiger partial charge on any atom is 0.246 e. The number of rotatable bonds is 3. The van der Waals surface area contributed by atoms with Crippen molar-refractivity contribution in [1.82, 2.24) is 0 Å². The van der Waals surface area contributed by atoms with Crippen LogP contribution in [0.4, 0.5) is 11.4 Å². The SMILES string of the molecule is N#Cc1ccc(NCC(=O)N2CC3(CCC3)c3ccccc32)cc1. The Morgan fingerprint density at radius 2 is 1.92 bits per heavy atom. The van der Waals surface area contributed by atoms with Gasteiger partial charge in [0.1, 0.15) is 0 Å². The maximum atomic E-state index is 12.7. The van der Waals surface area contributed by atoms with Crippen LogP contribution < -0.4 is 10.2 Å². The standard InChI is InChI=1S/C20H19N3O/c21-12-15-6-8-16(9-7-15)22-13-19(24)23-14-20(10-3-11-20)17-4-1-2-5-18(17)23/h1-2,4-9,22H,3,10-11,13-14H2. The van der Waals surface area contributed by atoms with Gasteiger partial charge in [-0.25, -0.2) is 0 Å². The van der Waals surface area contributed by atoms with E-state index >= 15 is 0 Å². The van der Waals surface area contributed by atoms with Crippen molar-refractivity contribution in [1.29, 1.82) is 5.26 Å². The lowest BCUT2D eigenvalue weighted by Crippen LogP contribution is -2.43. The first-order valence-corrected chi connectivity index (χ1v) is 8.36. The summed E-state index contributed by atoms with van der Waals surface area (Å²) in [5.74, 6) is 0.0931. The second-order valence-electron chi connectivity index (χ2n) is 6.67. The van der Waals surface area contributed by atoms with Gasteiger partial charge in [-0.2, -0.15) is 5.26 Å². The molecule has 1 N–H and O–H groups in total. The molecule has 1 spiro atoms. The van der Waals surface area contributed by atoms with Gasteiger partial charge in [0, 0.05) is 23.3 Å². The summed E-state index contributed by atoms with van der Waals surface area (Å²) < 4.78 is 0. The molecule has 1 aliphatic carbocycles. The molecule has 0 saturated heterocycles. The van der Waals surface area contributed by atoms with Gasteiger partial charge in [-0.1, -0.05) is 24.6 Å². The molecule has 0 aromatic heterocycles. The highest BCUT2D eigenvalue weighted by Crippen LogP contribution is 2.52. The first-order chi connectivity index (χ1) is 11.7. The molecular weight excluding hydrogens is 298 g/mol. The van der Waals surface area contributed by atoms with Crippen LogP contribution in [0.3, 0.4) is 0 Å². The number of fused-ring (bicyclic) bond motifs is 2. The van der Waals surface area contributed by atoms with Crippen molar-refractivity contribution in [2.75, 3.05) is 23.3 Å². The number of para-hydroxylation sites is 1. The maximum absolute atomic E-state index is 12.7. The summed E-state index contributed by atoms with van der Waals surface area (Å²) >= 11 is 0. The molecule has 1 aliphatic heterocycles. The average molecular weight is 317 g/mol. The third kappa shape index (κ3) is 2.33. The minimum Gasteiger partial charge on any atom is -0.376 e. The Morgan fingerprint density at radius 3 is 2.58 bits per heavy atom. The quantitative estimate of drug-likeness (QED) is 0.943. The number of benzene rings is 2.